The van der Waals surface area contributed by atoms with Gasteiger partial charge in [-0.1, -0.05) is 37.6 Å². The summed E-state index contributed by atoms with van der Waals surface area (Å²) in [5, 5.41) is 9.11. The van der Waals surface area contributed by atoms with Gasteiger partial charge in [0, 0.05) is 19.3 Å². The van der Waals surface area contributed by atoms with Crippen LogP contribution < -0.4 is 0 Å². The first-order chi connectivity index (χ1) is 11.7. The molecule has 24 heavy (non-hydrogen) atoms. The van der Waals surface area contributed by atoms with Crippen LogP contribution in [0.1, 0.15) is 42.6 Å². The van der Waals surface area contributed by atoms with Crippen LogP contribution in [0.2, 0.25) is 0 Å². The third-order valence-corrected chi connectivity index (χ3v) is 3.89. The standard InChI is InChI=1S/C20H21N3O/c1-3-8-19(18-11-6-7-14-22-18)23(2)20(24)13-12-16-9-4-5-10-17(16)15-21/h4-7,9-14,19H,3,8H2,1-2H3. The van der Waals surface area contributed by atoms with Gasteiger partial charge in [0.2, 0.25) is 5.91 Å². The molecule has 0 saturated heterocycles. The first kappa shape index (κ1) is 17.4. The average Bonchev–Trinajstić information content (AvgIpc) is 2.64. The van der Waals surface area contributed by atoms with Gasteiger partial charge in [-0.3, -0.25) is 9.78 Å². The van der Waals surface area contributed by atoms with Gasteiger partial charge in [0.05, 0.1) is 23.4 Å². The van der Waals surface area contributed by atoms with Crippen molar-refractivity contribution in [3.63, 3.8) is 0 Å². The summed E-state index contributed by atoms with van der Waals surface area (Å²) >= 11 is 0. The highest BCUT2D eigenvalue weighted by Crippen LogP contribution is 2.23. The third-order valence-electron chi connectivity index (χ3n) is 3.89. The average molecular weight is 319 g/mol. The Morgan fingerprint density at radius 1 is 1.29 bits per heavy atom. The van der Waals surface area contributed by atoms with Gasteiger partial charge in [-0.05, 0) is 36.3 Å². The second kappa shape index (κ2) is 8.64. The van der Waals surface area contributed by atoms with Crippen molar-refractivity contribution in [2.24, 2.45) is 0 Å². The van der Waals surface area contributed by atoms with Gasteiger partial charge in [0.1, 0.15) is 0 Å². The Morgan fingerprint density at radius 2 is 2.04 bits per heavy atom. The monoisotopic (exact) mass is 319 g/mol. The molecule has 1 atom stereocenters. The number of hydrogen-bond donors (Lipinski definition) is 0. The lowest BCUT2D eigenvalue weighted by molar-refractivity contribution is -0.127. The van der Waals surface area contributed by atoms with E-state index >= 15 is 0 Å². The van der Waals surface area contributed by atoms with Gasteiger partial charge in [0.15, 0.2) is 0 Å². The van der Waals surface area contributed by atoms with Gasteiger partial charge < -0.3 is 4.90 Å². The highest BCUT2D eigenvalue weighted by Gasteiger charge is 2.20. The predicted octanol–water partition coefficient (Wildman–Crippen LogP) is 3.97. The summed E-state index contributed by atoms with van der Waals surface area (Å²) in [7, 11) is 1.79. The number of carbonyl (C=O) groups is 1. The van der Waals surface area contributed by atoms with Crippen LogP contribution in [-0.4, -0.2) is 22.8 Å². The maximum Gasteiger partial charge on any atom is 0.246 e. The number of amides is 1. The predicted molar refractivity (Wildman–Crippen MR) is 94.8 cm³/mol. The first-order valence-corrected chi connectivity index (χ1v) is 8.02. The third kappa shape index (κ3) is 4.30. The van der Waals surface area contributed by atoms with Crippen LogP contribution in [0.25, 0.3) is 6.08 Å². The van der Waals surface area contributed by atoms with E-state index in [2.05, 4.69) is 18.0 Å². The summed E-state index contributed by atoms with van der Waals surface area (Å²) in [6, 6.07) is 15.0. The Morgan fingerprint density at radius 3 is 2.71 bits per heavy atom. The van der Waals surface area contributed by atoms with Crippen LogP contribution in [0, 0.1) is 11.3 Å². The number of aromatic nitrogens is 1. The van der Waals surface area contributed by atoms with Crippen LogP contribution in [0.15, 0.2) is 54.7 Å². The molecule has 0 fully saturated rings. The Balaban J connectivity index is 2.18. The fraction of sp³-hybridized carbons (Fsp3) is 0.250. The SMILES string of the molecule is CCCC(c1ccccn1)N(C)C(=O)C=Cc1ccccc1C#N. The van der Waals surface area contributed by atoms with Crippen molar-refractivity contribution in [1.82, 2.24) is 9.88 Å². The maximum atomic E-state index is 12.5. The summed E-state index contributed by atoms with van der Waals surface area (Å²) in [4.78, 5) is 18.6. The Bertz CT molecular complexity index is 747. The minimum Gasteiger partial charge on any atom is -0.334 e. The van der Waals surface area contributed by atoms with Crippen LogP contribution in [0.4, 0.5) is 0 Å². The molecule has 0 aliphatic rings. The van der Waals surface area contributed by atoms with Crippen LogP contribution in [0.3, 0.4) is 0 Å². The number of carbonyl (C=O) groups excluding carboxylic acids is 1. The summed E-state index contributed by atoms with van der Waals surface area (Å²) in [5.74, 6) is -0.105. The normalized spacial score (nSPS) is 11.9. The van der Waals surface area contributed by atoms with E-state index in [1.165, 1.54) is 6.08 Å². The minimum absolute atomic E-state index is 0.0560. The lowest BCUT2D eigenvalue weighted by Crippen LogP contribution is -2.30. The van der Waals surface area contributed by atoms with Crippen LogP contribution >= 0.6 is 0 Å². The Hall–Kier alpha value is -2.93. The van der Waals surface area contributed by atoms with Crippen molar-refractivity contribution in [1.29, 1.82) is 5.26 Å². The molecule has 0 saturated carbocycles. The fourth-order valence-electron chi connectivity index (χ4n) is 2.56. The second-order valence-corrected chi connectivity index (χ2v) is 5.54. The summed E-state index contributed by atoms with van der Waals surface area (Å²) in [5.41, 5.74) is 2.19. The molecule has 1 aromatic heterocycles. The van der Waals surface area contributed by atoms with Crippen molar-refractivity contribution in [3.05, 3.63) is 71.6 Å². The summed E-state index contributed by atoms with van der Waals surface area (Å²) in [6.07, 6.45) is 6.76. The van der Waals surface area contributed by atoms with E-state index in [1.54, 1.807) is 30.3 Å². The van der Waals surface area contributed by atoms with Crippen molar-refractivity contribution >= 4 is 12.0 Å². The van der Waals surface area contributed by atoms with Crippen molar-refractivity contribution in [3.8, 4) is 6.07 Å². The number of likely N-dealkylation sites (N-methyl/N-ethyl adjacent to an activating group) is 1. The zero-order valence-corrected chi connectivity index (χ0v) is 14.0. The molecule has 1 unspecified atom stereocenters. The van der Waals surface area contributed by atoms with E-state index in [0.717, 1.165) is 24.1 Å². The molecule has 0 spiro atoms. The van der Waals surface area contributed by atoms with Gasteiger partial charge in [-0.25, -0.2) is 0 Å². The molecule has 1 heterocycles. The molecule has 0 radical (unpaired) electrons. The number of pyridine rings is 1. The zero-order chi connectivity index (χ0) is 17.4. The van der Waals surface area contributed by atoms with Crippen molar-refractivity contribution in [2.45, 2.75) is 25.8 Å². The van der Waals surface area contributed by atoms with Crippen molar-refractivity contribution in [2.75, 3.05) is 7.05 Å². The fourth-order valence-corrected chi connectivity index (χ4v) is 2.56. The van der Waals surface area contributed by atoms with E-state index in [-0.39, 0.29) is 11.9 Å². The molecule has 2 aromatic rings. The second-order valence-electron chi connectivity index (χ2n) is 5.54. The molecule has 2 rings (SSSR count). The van der Waals surface area contributed by atoms with E-state index in [9.17, 15) is 4.79 Å². The number of benzene rings is 1. The quantitative estimate of drug-likeness (QED) is 0.757. The molecule has 0 N–H and O–H groups in total. The maximum absolute atomic E-state index is 12.5. The van der Waals surface area contributed by atoms with Crippen LogP contribution in [-0.2, 0) is 4.79 Å². The van der Waals surface area contributed by atoms with Gasteiger partial charge in [-0.2, -0.15) is 5.26 Å². The lowest BCUT2D eigenvalue weighted by Gasteiger charge is -2.26. The molecule has 1 aromatic carbocycles. The summed E-state index contributed by atoms with van der Waals surface area (Å²) < 4.78 is 0. The van der Waals surface area contributed by atoms with Crippen LogP contribution in [0.5, 0.6) is 0 Å². The molecule has 0 aliphatic heterocycles. The summed E-state index contributed by atoms with van der Waals surface area (Å²) in [6.45, 7) is 2.09. The molecule has 4 heteroatoms. The molecule has 0 bridgehead atoms. The van der Waals surface area contributed by atoms with E-state index in [1.807, 2.05) is 36.4 Å². The molecule has 122 valence electrons. The smallest absolute Gasteiger partial charge is 0.246 e. The molecule has 0 aliphatic carbocycles. The highest BCUT2D eigenvalue weighted by atomic mass is 16.2. The van der Waals surface area contributed by atoms with Gasteiger partial charge in [0.25, 0.3) is 0 Å². The Labute approximate surface area is 143 Å². The van der Waals surface area contributed by atoms with E-state index in [0.29, 0.717) is 5.56 Å². The lowest BCUT2D eigenvalue weighted by atomic mass is 10.1. The largest absolute Gasteiger partial charge is 0.334 e. The number of nitriles is 1. The first-order valence-electron chi connectivity index (χ1n) is 8.02. The molecule has 1 amide bonds. The van der Waals surface area contributed by atoms with E-state index in [4.69, 9.17) is 5.26 Å². The minimum atomic E-state index is -0.105. The molecular weight excluding hydrogens is 298 g/mol. The number of rotatable bonds is 6. The molecule has 4 nitrogen and oxygen atoms in total. The van der Waals surface area contributed by atoms with Gasteiger partial charge in [-0.15, -0.1) is 0 Å². The van der Waals surface area contributed by atoms with Gasteiger partial charge >= 0.3 is 0 Å². The zero-order valence-electron chi connectivity index (χ0n) is 14.0. The number of hydrogen-bond acceptors (Lipinski definition) is 3. The highest BCUT2D eigenvalue weighted by molar-refractivity contribution is 5.92. The topological polar surface area (TPSA) is 57.0 Å². The van der Waals surface area contributed by atoms with E-state index < -0.39 is 0 Å². The Kier molecular flexibility index (Phi) is 6.27. The molecular formula is C20H21N3O. The van der Waals surface area contributed by atoms with Crippen molar-refractivity contribution < 1.29 is 4.79 Å². The number of nitrogens with zero attached hydrogens (tertiary/aromatic N) is 3.